The van der Waals surface area contributed by atoms with Crippen LogP contribution in [0.4, 0.5) is 17.1 Å². The van der Waals surface area contributed by atoms with Crippen LogP contribution in [0.2, 0.25) is 0 Å². The Labute approximate surface area is 195 Å². The molecule has 9 nitrogen and oxygen atoms in total. The molecular formula is C23H22N4O5S. The van der Waals surface area contributed by atoms with E-state index in [2.05, 4.69) is 16.0 Å². The van der Waals surface area contributed by atoms with Crippen molar-refractivity contribution in [2.24, 2.45) is 0 Å². The van der Waals surface area contributed by atoms with Crippen LogP contribution in [-0.2, 0) is 4.79 Å². The van der Waals surface area contributed by atoms with Crippen LogP contribution < -0.4 is 16.0 Å². The molecule has 0 radical (unpaired) electrons. The van der Waals surface area contributed by atoms with E-state index >= 15 is 0 Å². The third-order valence-corrected chi connectivity index (χ3v) is 4.76. The van der Waals surface area contributed by atoms with Crippen molar-refractivity contribution in [2.75, 3.05) is 10.6 Å². The highest BCUT2D eigenvalue weighted by Crippen LogP contribution is 2.25. The van der Waals surface area contributed by atoms with E-state index in [-0.39, 0.29) is 22.5 Å². The number of carbonyl (C=O) groups is 2. The van der Waals surface area contributed by atoms with Crippen molar-refractivity contribution in [3.8, 4) is 11.3 Å². The lowest BCUT2D eigenvalue weighted by molar-refractivity contribution is -0.384. The molecule has 0 saturated heterocycles. The van der Waals surface area contributed by atoms with Crippen LogP contribution in [0.15, 0.2) is 65.1 Å². The van der Waals surface area contributed by atoms with Crippen molar-refractivity contribution in [3.05, 3.63) is 76.5 Å². The van der Waals surface area contributed by atoms with Gasteiger partial charge in [-0.15, -0.1) is 0 Å². The third-order valence-electron chi connectivity index (χ3n) is 4.56. The minimum Gasteiger partial charge on any atom is -0.451 e. The van der Waals surface area contributed by atoms with Crippen LogP contribution in [0, 0.1) is 10.1 Å². The molecule has 0 atom stereocenters. The van der Waals surface area contributed by atoms with Crippen LogP contribution in [0.25, 0.3) is 11.3 Å². The molecule has 3 aromatic rings. The second-order valence-electron chi connectivity index (χ2n) is 7.11. The Morgan fingerprint density at radius 2 is 1.76 bits per heavy atom. The summed E-state index contributed by atoms with van der Waals surface area (Å²) >= 11 is 5.20. The average Bonchev–Trinajstić information content (AvgIpc) is 3.28. The number of nitro benzene ring substituents is 1. The maximum atomic E-state index is 12.5. The van der Waals surface area contributed by atoms with E-state index < -0.39 is 10.8 Å². The Morgan fingerprint density at radius 1 is 1.03 bits per heavy atom. The summed E-state index contributed by atoms with van der Waals surface area (Å²) < 4.78 is 5.54. The molecule has 0 aliphatic carbocycles. The first-order chi connectivity index (χ1) is 15.9. The highest BCUT2D eigenvalue weighted by atomic mass is 32.1. The number of nitro groups is 1. The molecule has 2 amide bonds. The maximum Gasteiger partial charge on any atom is 0.293 e. The van der Waals surface area contributed by atoms with Gasteiger partial charge in [-0.3, -0.25) is 25.0 Å². The second kappa shape index (κ2) is 11.0. The highest BCUT2D eigenvalue weighted by Gasteiger charge is 2.15. The van der Waals surface area contributed by atoms with E-state index in [0.717, 1.165) is 12.8 Å². The van der Waals surface area contributed by atoms with Gasteiger partial charge in [-0.05, 0) is 49.0 Å². The van der Waals surface area contributed by atoms with Crippen LogP contribution in [-0.4, -0.2) is 21.9 Å². The molecule has 0 unspecified atom stereocenters. The zero-order chi connectivity index (χ0) is 23.8. The molecule has 10 heteroatoms. The molecule has 3 rings (SSSR count). The van der Waals surface area contributed by atoms with Gasteiger partial charge < -0.3 is 15.1 Å². The van der Waals surface area contributed by atoms with E-state index in [9.17, 15) is 19.7 Å². The molecule has 0 aliphatic heterocycles. The number of hydrogen-bond acceptors (Lipinski definition) is 6. The number of carbonyl (C=O) groups excluding carboxylic acids is 2. The Morgan fingerprint density at radius 3 is 2.48 bits per heavy atom. The smallest absolute Gasteiger partial charge is 0.293 e. The number of benzene rings is 2. The predicted molar refractivity (Wildman–Crippen MR) is 129 cm³/mol. The third kappa shape index (κ3) is 6.71. The molecule has 2 aromatic carbocycles. The zero-order valence-corrected chi connectivity index (χ0v) is 18.6. The monoisotopic (exact) mass is 466 g/mol. The summed E-state index contributed by atoms with van der Waals surface area (Å²) in [6, 6.07) is 15.9. The van der Waals surface area contributed by atoms with Crippen LogP contribution in [0.3, 0.4) is 0 Å². The molecule has 3 N–H and O–H groups in total. The second-order valence-corrected chi connectivity index (χ2v) is 7.52. The van der Waals surface area contributed by atoms with Gasteiger partial charge in [0.1, 0.15) is 5.76 Å². The first-order valence-corrected chi connectivity index (χ1v) is 10.6. The molecule has 0 saturated carbocycles. The van der Waals surface area contributed by atoms with Gasteiger partial charge in [0.25, 0.3) is 11.6 Å². The molecule has 0 spiro atoms. The van der Waals surface area contributed by atoms with Gasteiger partial charge in [0.05, 0.1) is 4.92 Å². The summed E-state index contributed by atoms with van der Waals surface area (Å²) in [7, 11) is 0. The summed E-state index contributed by atoms with van der Waals surface area (Å²) in [5.74, 6) is -0.331. The Balaban J connectivity index is 1.60. The Bertz CT molecular complexity index is 1190. The molecule has 0 bridgehead atoms. The van der Waals surface area contributed by atoms with Crippen LogP contribution in [0.1, 0.15) is 36.7 Å². The van der Waals surface area contributed by atoms with Crippen molar-refractivity contribution in [2.45, 2.75) is 26.2 Å². The van der Waals surface area contributed by atoms with Crippen molar-refractivity contribution < 1.29 is 18.9 Å². The molecule has 170 valence electrons. The van der Waals surface area contributed by atoms with Gasteiger partial charge in [-0.2, -0.15) is 0 Å². The topological polar surface area (TPSA) is 127 Å². The summed E-state index contributed by atoms with van der Waals surface area (Å²) in [6.45, 7) is 2.02. The number of non-ortho nitro benzene ring substituents is 1. The number of furan rings is 1. The van der Waals surface area contributed by atoms with Crippen molar-refractivity contribution in [1.82, 2.24) is 5.32 Å². The molecule has 0 aliphatic rings. The fraction of sp³-hybridized carbons (Fsp3) is 0.174. The maximum absolute atomic E-state index is 12.5. The SMILES string of the molecule is CCCCC(=O)Nc1cccc(NC(=S)NC(=O)c2ccc(-c3cccc([N+](=O)[O-])c3)o2)c1. The van der Waals surface area contributed by atoms with Gasteiger partial charge in [-0.1, -0.05) is 31.5 Å². The lowest BCUT2D eigenvalue weighted by Gasteiger charge is -2.11. The molecule has 1 aromatic heterocycles. The summed E-state index contributed by atoms with van der Waals surface area (Å²) in [6.07, 6.45) is 2.20. The number of nitrogens with one attached hydrogen (secondary N) is 3. The van der Waals surface area contributed by atoms with E-state index in [4.69, 9.17) is 16.6 Å². The van der Waals surface area contributed by atoms with E-state index in [1.165, 1.54) is 24.3 Å². The van der Waals surface area contributed by atoms with E-state index in [1.54, 1.807) is 36.4 Å². The van der Waals surface area contributed by atoms with Crippen LogP contribution in [0.5, 0.6) is 0 Å². The van der Waals surface area contributed by atoms with Gasteiger partial charge in [0.15, 0.2) is 10.9 Å². The molecule has 1 heterocycles. The quantitative estimate of drug-likeness (QED) is 0.239. The van der Waals surface area contributed by atoms with Gasteiger partial charge in [0.2, 0.25) is 5.91 Å². The lowest BCUT2D eigenvalue weighted by atomic mass is 10.1. The first-order valence-electron chi connectivity index (χ1n) is 10.2. The first kappa shape index (κ1) is 23.6. The summed E-state index contributed by atoms with van der Waals surface area (Å²) in [5, 5.41) is 19.2. The Kier molecular flexibility index (Phi) is 7.87. The van der Waals surface area contributed by atoms with Gasteiger partial charge >= 0.3 is 0 Å². The number of unbranched alkanes of at least 4 members (excludes halogenated alkanes) is 1. The largest absolute Gasteiger partial charge is 0.451 e. The zero-order valence-electron chi connectivity index (χ0n) is 17.8. The Hall–Kier alpha value is -4.05. The highest BCUT2D eigenvalue weighted by molar-refractivity contribution is 7.80. The fourth-order valence-corrected chi connectivity index (χ4v) is 3.16. The van der Waals surface area contributed by atoms with Crippen molar-refractivity contribution in [1.29, 1.82) is 0 Å². The minimum absolute atomic E-state index is 0.00223. The lowest BCUT2D eigenvalue weighted by Crippen LogP contribution is -2.33. The average molecular weight is 467 g/mol. The molecule has 0 fully saturated rings. The number of amides is 2. The van der Waals surface area contributed by atoms with E-state index in [0.29, 0.717) is 29.1 Å². The fourth-order valence-electron chi connectivity index (χ4n) is 2.95. The standard InChI is InChI=1S/C23H22N4O5S/c1-2-3-10-21(28)24-16-7-5-8-17(14-16)25-23(33)26-22(29)20-12-11-19(32-20)15-6-4-9-18(13-15)27(30)31/h4-9,11-14H,2-3,10H2,1H3,(H,24,28)(H2,25,26,29,33). The van der Waals surface area contributed by atoms with Crippen LogP contribution >= 0.6 is 12.2 Å². The van der Waals surface area contributed by atoms with Crippen molar-refractivity contribution >= 4 is 46.2 Å². The number of hydrogen-bond donors (Lipinski definition) is 3. The molecular weight excluding hydrogens is 444 g/mol. The normalized spacial score (nSPS) is 10.3. The minimum atomic E-state index is -0.576. The summed E-state index contributed by atoms with van der Waals surface area (Å²) in [5.41, 5.74) is 1.60. The van der Waals surface area contributed by atoms with Crippen molar-refractivity contribution in [3.63, 3.8) is 0 Å². The van der Waals surface area contributed by atoms with Gasteiger partial charge in [-0.25, -0.2) is 0 Å². The van der Waals surface area contributed by atoms with Gasteiger partial charge in [0, 0.05) is 35.5 Å². The van der Waals surface area contributed by atoms with E-state index in [1.807, 2.05) is 6.92 Å². The predicted octanol–water partition coefficient (Wildman–Crippen LogP) is 5.11. The molecule has 33 heavy (non-hydrogen) atoms. The number of rotatable bonds is 8. The number of anilines is 2. The number of nitrogens with zero attached hydrogens (tertiary/aromatic N) is 1. The number of thiocarbonyl (C=S) groups is 1. The summed E-state index contributed by atoms with van der Waals surface area (Å²) in [4.78, 5) is 34.8.